The highest BCUT2D eigenvalue weighted by molar-refractivity contribution is 6.30. The lowest BCUT2D eigenvalue weighted by molar-refractivity contribution is 1.15. The SMILES string of the molecule is C=Cc1nc(-c2cccc(-c3cccc(Cl)c3)c2)nc(-c2ccccc2)c1C=C. The number of benzene rings is 3. The maximum absolute atomic E-state index is 6.17. The van der Waals surface area contributed by atoms with Gasteiger partial charge in [-0.2, -0.15) is 0 Å². The van der Waals surface area contributed by atoms with Gasteiger partial charge in [-0.1, -0.05) is 91.5 Å². The number of hydrogen-bond donors (Lipinski definition) is 0. The van der Waals surface area contributed by atoms with E-state index >= 15 is 0 Å². The summed E-state index contributed by atoms with van der Waals surface area (Å²) in [6.45, 7) is 7.88. The normalized spacial score (nSPS) is 10.5. The van der Waals surface area contributed by atoms with Gasteiger partial charge < -0.3 is 0 Å². The zero-order chi connectivity index (χ0) is 20.2. The van der Waals surface area contributed by atoms with Crippen LogP contribution in [0.3, 0.4) is 0 Å². The Labute approximate surface area is 175 Å². The average molecular weight is 395 g/mol. The zero-order valence-electron chi connectivity index (χ0n) is 15.8. The van der Waals surface area contributed by atoms with Crippen LogP contribution in [0, 0.1) is 0 Å². The number of nitrogens with zero attached hydrogens (tertiary/aromatic N) is 2. The Hall–Kier alpha value is -3.49. The molecule has 4 aromatic rings. The monoisotopic (exact) mass is 394 g/mol. The summed E-state index contributed by atoms with van der Waals surface area (Å²) in [7, 11) is 0. The predicted octanol–water partition coefficient (Wildman–Crippen LogP) is 7.42. The summed E-state index contributed by atoms with van der Waals surface area (Å²) in [4.78, 5) is 9.63. The Balaban J connectivity index is 1.89. The Morgan fingerprint density at radius 1 is 0.655 bits per heavy atom. The van der Waals surface area contributed by atoms with Gasteiger partial charge in [0.25, 0.3) is 0 Å². The van der Waals surface area contributed by atoms with E-state index in [1.165, 1.54) is 0 Å². The van der Waals surface area contributed by atoms with Gasteiger partial charge in [-0.05, 0) is 35.4 Å². The first-order valence-electron chi connectivity index (χ1n) is 9.28. The van der Waals surface area contributed by atoms with Crippen molar-refractivity contribution in [1.29, 1.82) is 0 Å². The first-order valence-corrected chi connectivity index (χ1v) is 9.66. The first-order chi connectivity index (χ1) is 14.2. The van der Waals surface area contributed by atoms with E-state index < -0.39 is 0 Å². The van der Waals surface area contributed by atoms with Crippen LogP contribution >= 0.6 is 11.6 Å². The van der Waals surface area contributed by atoms with Crippen LogP contribution in [0.5, 0.6) is 0 Å². The molecule has 0 unspecified atom stereocenters. The Morgan fingerprint density at radius 2 is 1.31 bits per heavy atom. The third-order valence-electron chi connectivity index (χ3n) is 4.70. The molecule has 0 amide bonds. The fraction of sp³-hybridized carbons (Fsp3) is 0. The van der Waals surface area contributed by atoms with E-state index in [1.54, 1.807) is 12.2 Å². The zero-order valence-corrected chi connectivity index (χ0v) is 16.6. The third-order valence-corrected chi connectivity index (χ3v) is 4.93. The van der Waals surface area contributed by atoms with Crippen molar-refractivity contribution in [1.82, 2.24) is 9.97 Å². The highest BCUT2D eigenvalue weighted by Crippen LogP contribution is 2.31. The molecule has 0 radical (unpaired) electrons. The van der Waals surface area contributed by atoms with Crippen LogP contribution in [0.25, 0.3) is 45.9 Å². The summed E-state index contributed by atoms with van der Waals surface area (Å²) >= 11 is 6.17. The largest absolute Gasteiger partial charge is 0.228 e. The van der Waals surface area contributed by atoms with Crippen molar-refractivity contribution in [3.8, 4) is 33.8 Å². The van der Waals surface area contributed by atoms with Crippen molar-refractivity contribution in [2.75, 3.05) is 0 Å². The second kappa shape index (κ2) is 8.26. The van der Waals surface area contributed by atoms with E-state index in [1.807, 2.05) is 66.7 Å². The van der Waals surface area contributed by atoms with Crippen molar-refractivity contribution >= 4 is 23.8 Å². The van der Waals surface area contributed by atoms with Crippen LogP contribution in [-0.2, 0) is 0 Å². The maximum atomic E-state index is 6.17. The molecule has 4 rings (SSSR count). The minimum Gasteiger partial charge on any atom is -0.228 e. The molecule has 0 aliphatic rings. The Bertz CT molecular complexity index is 1200. The van der Waals surface area contributed by atoms with Gasteiger partial charge in [-0.25, -0.2) is 9.97 Å². The molecule has 0 spiro atoms. The minimum absolute atomic E-state index is 0.647. The lowest BCUT2D eigenvalue weighted by atomic mass is 10.0. The molecule has 0 saturated carbocycles. The van der Waals surface area contributed by atoms with E-state index in [9.17, 15) is 0 Å². The summed E-state index contributed by atoms with van der Waals surface area (Å²) in [6.07, 6.45) is 3.53. The van der Waals surface area contributed by atoms with Gasteiger partial charge in [-0.3, -0.25) is 0 Å². The van der Waals surface area contributed by atoms with Crippen LogP contribution < -0.4 is 0 Å². The van der Waals surface area contributed by atoms with Gasteiger partial charge >= 0.3 is 0 Å². The molecule has 140 valence electrons. The van der Waals surface area contributed by atoms with E-state index in [0.29, 0.717) is 10.8 Å². The van der Waals surface area contributed by atoms with Crippen molar-refractivity contribution in [2.45, 2.75) is 0 Å². The third kappa shape index (κ3) is 3.89. The van der Waals surface area contributed by atoms with E-state index in [2.05, 4.69) is 25.3 Å². The highest BCUT2D eigenvalue weighted by atomic mass is 35.5. The van der Waals surface area contributed by atoms with Crippen LogP contribution in [0.1, 0.15) is 11.3 Å². The van der Waals surface area contributed by atoms with Crippen LogP contribution in [0.15, 0.2) is 92.0 Å². The van der Waals surface area contributed by atoms with Gasteiger partial charge in [0.15, 0.2) is 5.82 Å². The molecule has 0 saturated heterocycles. The van der Waals surface area contributed by atoms with Crippen molar-refractivity contribution < 1.29 is 0 Å². The summed E-state index contributed by atoms with van der Waals surface area (Å²) in [5.74, 6) is 0.647. The molecule has 3 aromatic carbocycles. The van der Waals surface area contributed by atoms with Gasteiger partial charge in [0, 0.05) is 21.7 Å². The maximum Gasteiger partial charge on any atom is 0.160 e. The molecule has 0 fully saturated rings. The summed E-state index contributed by atoms with van der Waals surface area (Å²) in [6, 6.07) is 26.0. The fourth-order valence-electron chi connectivity index (χ4n) is 3.29. The van der Waals surface area contributed by atoms with Crippen molar-refractivity contribution in [2.24, 2.45) is 0 Å². The molecule has 29 heavy (non-hydrogen) atoms. The van der Waals surface area contributed by atoms with Crippen LogP contribution in [0.2, 0.25) is 5.02 Å². The number of halogens is 1. The van der Waals surface area contributed by atoms with Gasteiger partial charge in [0.2, 0.25) is 0 Å². The topological polar surface area (TPSA) is 25.8 Å². The van der Waals surface area contributed by atoms with Gasteiger partial charge in [-0.15, -0.1) is 0 Å². The summed E-state index contributed by atoms with van der Waals surface area (Å²) < 4.78 is 0. The van der Waals surface area contributed by atoms with Crippen molar-refractivity contribution in [3.05, 3.63) is 108 Å². The molecule has 0 aliphatic carbocycles. The second-order valence-electron chi connectivity index (χ2n) is 6.56. The van der Waals surface area contributed by atoms with Crippen LogP contribution in [-0.4, -0.2) is 9.97 Å². The van der Waals surface area contributed by atoms with E-state index in [0.717, 1.165) is 39.2 Å². The van der Waals surface area contributed by atoms with Crippen molar-refractivity contribution in [3.63, 3.8) is 0 Å². The summed E-state index contributed by atoms with van der Waals surface area (Å²) in [5.41, 5.74) is 6.53. The number of hydrogen-bond acceptors (Lipinski definition) is 2. The molecule has 0 N–H and O–H groups in total. The molecule has 0 bridgehead atoms. The Kier molecular flexibility index (Phi) is 5.37. The molecule has 1 heterocycles. The molecule has 0 aliphatic heterocycles. The highest BCUT2D eigenvalue weighted by Gasteiger charge is 2.14. The lowest BCUT2D eigenvalue weighted by Crippen LogP contribution is -2.00. The molecular formula is C26H19ClN2. The second-order valence-corrected chi connectivity index (χ2v) is 7.00. The van der Waals surface area contributed by atoms with Gasteiger partial charge in [0.05, 0.1) is 11.4 Å². The number of rotatable bonds is 5. The molecule has 2 nitrogen and oxygen atoms in total. The molecule has 3 heteroatoms. The first kappa shape index (κ1) is 18.9. The van der Waals surface area contributed by atoms with E-state index in [4.69, 9.17) is 21.6 Å². The predicted molar refractivity (Wildman–Crippen MR) is 124 cm³/mol. The fourth-order valence-corrected chi connectivity index (χ4v) is 3.48. The molecular weight excluding hydrogens is 376 g/mol. The lowest BCUT2D eigenvalue weighted by Gasteiger charge is -2.12. The number of aromatic nitrogens is 2. The minimum atomic E-state index is 0.647. The Morgan fingerprint density at radius 3 is 2.00 bits per heavy atom. The summed E-state index contributed by atoms with van der Waals surface area (Å²) in [5, 5.41) is 0.708. The quantitative estimate of drug-likeness (QED) is 0.352. The smallest absolute Gasteiger partial charge is 0.160 e. The molecule has 1 aromatic heterocycles. The molecule has 0 atom stereocenters. The average Bonchev–Trinajstić information content (AvgIpc) is 2.78. The van der Waals surface area contributed by atoms with E-state index in [-0.39, 0.29) is 0 Å². The van der Waals surface area contributed by atoms with Gasteiger partial charge in [0.1, 0.15) is 0 Å². The standard InChI is InChI=1S/C26H19ClN2/c1-3-23-24(4-2)28-26(29-25(23)18-10-6-5-7-11-18)21-14-8-12-19(16-21)20-13-9-15-22(27)17-20/h3-17H,1-2H2. The van der Waals surface area contributed by atoms with Crippen LogP contribution in [0.4, 0.5) is 0 Å².